The highest BCUT2D eigenvalue weighted by molar-refractivity contribution is 5.88. The van der Waals surface area contributed by atoms with Gasteiger partial charge in [0.25, 0.3) is 0 Å². The van der Waals surface area contributed by atoms with Crippen LogP contribution in [-0.2, 0) is 32.1 Å². The largest absolute Gasteiger partial charge is 0.461 e. The second-order valence-electron chi connectivity index (χ2n) is 10.8. The Morgan fingerprint density at radius 2 is 1.55 bits per heavy atom. The first-order valence-corrected chi connectivity index (χ1v) is 13.5. The lowest BCUT2D eigenvalue weighted by atomic mass is 10.00. The summed E-state index contributed by atoms with van der Waals surface area (Å²) in [6.45, 7) is 6.85. The van der Waals surface area contributed by atoms with Crippen LogP contribution in [0, 0.1) is 6.92 Å². The molecule has 1 aromatic heterocycles. The molecule has 9 heteroatoms. The minimum Gasteiger partial charge on any atom is -0.461 e. The molecule has 1 atom stereocenters. The van der Waals surface area contributed by atoms with Crippen LogP contribution in [0.5, 0.6) is 5.75 Å². The summed E-state index contributed by atoms with van der Waals surface area (Å²) < 4.78 is 21.6. The zero-order chi connectivity index (χ0) is 30.3. The van der Waals surface area contributed by atoms with E-state index in [0.717, 1.165) is 16.7 Å². The molecule has 0 radical (unpaired) electrons. The maximum atomic E-state index is 13.2. The first kappa shape index (κ1) is 30.0. The number of rotatable bonds is 9. The molecule has 1 heterocycles. The van der Waals surface area contributed by atoms with E-state index in [9.17, 15) is 19.2 Å². The van der Waals surface area contributed by atoms with Crippen molar-refractivity contribution in [3.63, 3.8) is 0 Å². The number of aryl methyl sites for hydroxylation is 1. The lowest BCUT2D eigenvalue weighted by Gasteiger charge is -2.22. The highest BCUT2D eigenvalue weighted by atomic mass is 16.6. The summed E-state index contributed by atoms with van der Waals surface area (Å²) in [5.41, 5.74) is 1.95. The molecular weight excluding hydrogens is 538 g/mol. The number of nitrogens with one attached hydrogen (secondary N) is 1. The molecule has 0 fully saturated rings. The van der Waals surface area contributed by atoms with E-state index in [1.54, 1.807) is 45.0 Å². The van der Waals surface area contributed by atoms with Gasteiger partial charge in [0.1, 0.15) is 29.6 Å². The second kappa shape index (κ2) is 13.2. The molecule has 1 N–H and O–H groups in total. The van der Waals surface area contributed by atoms with Crippen LogP contribution in [0.25, 0.3) is 11.0 Å². The zero-order valence-electron chi connectivity index (χ0n) is 24.0. The highest BCUT2D eigenvalue weighted by Crippen LogP contribution is 2.26. The standard InChI is InChI=1S/C33H33NO8/c1-21-25-16-15-24(18-28(25)41-30(36)26(21)17-22-11-7-5-8-12-22)40-31(37)27(34-32(38)42-33(2,3)4)19-29(35)39-20-23-13-9-6-10-14-23/h5-16,18,27H,17,19-20H2,1-4H3,(H,34,38)/t27-/m0/s1. The van der Waals surface area contributed by atoms with Gasteiger partial charge in [-0.1, -0.05) is 60.7 Å². The van der Waals surface area contributed by atoms with Gasteiger partial charge < -0.3 is 23.9 Å². The number of hydrogen-bond acceptors (Lipinski definition) is 8. The molecule has 4 aromatic rings. The molecule has 0 saturated carbocycles. The first-order chi connectivity index (χ1) is 20.0. The SMILES string of the molecule is Cc1c(Cc2ccccc2)c(=O)oc2cc(OC(=O)[C@H](CC(=O)OCc3ccccc3)NC(=O)OC(C)(C)C)ccc12. The molecule has 0 unspecified atom stereocenters. The molecule has 218 valence electrons. The minimum atomic E-state index is -1.40. The van der Waals surface area contributed by atoms with Crippen LogP contribution < -0.4 is 15.7 Å². The highest BCUT2D eigenvalue weighted by Gasteiger charge is 2.29. The summed E-state index contributed by atoms with van der Waals surface area (Å²) in [7, 11) is 0. The van der Waals surface area contributed by atoms with E-state index in [-0.39, 0.29) is 17.9 Å². The number of carbonyl (C=O) groups excluding carboxylic acids is 3. The van der Waals surface area contributed by atoms with Crippen LogP contribution in [-0.4, -0.2) is 29.7 Å². The lowest BCUT2D eigenvalue weighted by molar-refractivity contribution is -0.149. The van der Waals surface area contributed by atoms with Gasteiger partial charge in [-0.2, -0.15) is 0 Å². The van der Waals surface area contributed by atoms with Crippen molar-refractivity contribution in [2.75, 3.05) is 0 Å². The third-order valence-corrected chi connectivity index (χ3v) is 6.29. The number of ether oxygens (including phenoxy) is 3. The molecule has 0 aliphatic carbocycles. The van der Waals surface area contributed by atoms with Gasteiger partial charge in [-0.3, -0.25) is 4.79 Å². The zero-order valence-corrected chi connectivity index (χ0v) is 24.0. The van der Waals surface area contributed by atoms with E-state index in [4.69, 9.17) is 18.6 Å². The van der Waals surface area contributed by atoms with Crippen LogP contribution in [0.2, 0.25) is 0 Å². The predicted octanol–water partition coefficient (Wildman–Crippen LogP) is 5.62. The van der Waals surface area contributed by atoms with E-state index in [1.165, 1.54) is 6.07 Å². The fraction of sp³-hybridized carbons (Fsp3) is 0.273. The molecule has 3 aromatic carbocycles. The van der Waals surface area contributed by atoms with Crippen LogP contribution in [0.4, 0.5) is 4.79 Å². The third kappa shape index (κ3) is 8.30. The summed E-state index contributed by atoms with van der Waals surface area (Å²) in [5, 5.41) is 3.09. The van der Waals surface area contributed by atoms with E-state index in [2.05, 4.69) is 5.32 Å². The smallest absolute Gasteiger partial charge is 0.408 e. The molecule has 0 spiro atoms. The van der Waals surface area contributed by atoms with E-state index < -0.39 is 41.7 Å². The Bertz CT molecular complexity index is 1620. The van der Waals surface area contributed by atoms with Gasteiger partial charge in [0.05, 0.1) is 6.42 Å². The fourth-order valence-electron chi connectivity index (χ4n) is 4.24. The van der Waals surface area contributed by atoms with Crippen LogP contribution in [0.15, 0.2) is 88.1 Å². The van der Waals surface area contributed by atoms with Gasteiger partial charge in [-0.05, 0) is 56.5 Å². The second-order valence-corrected chi connectivity index (χ2v) is 10.8. The van der Waals surface area contributed by atoms with E-state index in [0.29, 0.717) is 17.4 Å². The number of esters is 2. The maximum absolute atomic E-state index is 13.2. The minimum absolute atomic E-state index is 0.00317. The molecule has 0 aliphatic heterocycles. The number of alkyl carbamates (subject to hydrolysis) is 1. The van der Waals surface area contributed by atoms with Gasteiger partial charge in [0.2, 0.25) is 0 Å². The topological polar surface area (TPSA) is 121 Å². The van der Waals surface area contributed by atoms with Crippen molar-refractivity contribution in [2.45, 2.75) is 58.8 Å². The normalized spacial score (nSPS) is 11.9. The molecule has 9 nitrogen and oxygen atoms in total. The summed E-state index contributed by atoms with van der Waals surface area (Å²) in [5.74, 6) is -1.57. The van der Waals surface area contributed by atoms with Crippen molar-refractivity contribution in [1.29, 1.82) is 0 Å². The van der Waals surface area contributed by atoms with E-state index >= 15 is 0 Å². The van der Waals surface area contributed by atoms with Crippen molar-refractivity contribution in [1.82, 2.24) is 5.32 Å². The number of fused-ring (bicyclic) bond motifs is 1. The van der Waals surface area contributed by atoms with Crippen LogP contribution in [0.1, 0.15) is 49.4 Å². The van der Waals surface area contributed by atoms with Crippen molar-refractivity contribution < 1.29 is 33.0 Å². The monoisotopic (exact) mass is 571 g/mol. The van der Waals surface area contributed by atoms with Gasteiger partial charge in [-0.25, -0.2) is 14.4 Å². The van der Waals surface area contributed by atoms with Gasteiger partial charge in [0, 0.05) is 23.4 Å². The number of benzene rings is 3. The van der Waals surface area contributed by atoms with Crippen molar-refractivity contribution in [3.8, 4) is 5.75 Å². The number of amides is 1. The molecule has 0 aliphatic rings. The van der Waals surface area contributed by atoms with Crippen molar-refractivity contribution in [2.24, 2.45) is 0 Å². The third-order valence-electron chi connectivity index (χ3n) is 6.29. The van der Waals surface area contributed by atoms with E-state index in [1.807, 2.05) is 55.5 Å². The Hall–Kier alpha value is -4.92. The van der Waals surface area contributed by atoms with Crippen molar-refractivity contribution >= 4 is 29.0 Å². The van der Waals surface area contributed by atoms with Gasteiger partial charge >= 0.3 is 23.7 Å². The Kier molecular flexibility index (Phi) is 9.42. The maximum Gasteiger partial charge on any atom is 0.408 e. The quantitative estimate of drug-likeness (QED) is 0.156. The van der Waals surface area contributed by atoms with Gasteiger partial charge in [-0.15, -0.1) is 0 Å². The summed E-state index contributed by atoms with van der Waals surface area (Å²) in [6, 6.07) is 21.9. The predicted molar refractivity (Wildman–Crippen MR) is 156 cm³/mol. The summed E-state index contributed by atoms with van der Waals surface area (Å²) >= 11 is 0. The molecule has 0 saturated heterocycles. The summed E-state index contributed by atoms with van der Waals surface area (Å²) in [4.78, 5) is 51.0. The Morgan fingerprint density at radius 1 is 0.905 bits per heavy atom. The molecule has 0 bridgehead atoms. The average molecular weight is 572 g/mol. The van der Waals surface area contributed by atoms with Gasteiger partial charge in [0.15, 0.2) is 0 Å². The number of hydrogen-bond donors (Lipinski definition) is 1. The lowest BCUT2D eigenvalue weighted by Crippen LogP contribution is -2.46. The molecule has 42 heavy (non-hydrogen) atoms. The summed E-state index contributed by atoms with van der Waals surface area (Å²) in [6.07, 6.45) is -0.971. The molecular formula is C33H33NO8. The Labute approximate surface area is 243 Å². The average Bonchev–Trinajstić information content (AvgIpc) is 2.94. The fourth-order valence-corrected chi connectivity index (χ4v) is 4.24. The van der Waals surface area contributed by atoms with Crippen molar-refractivity contribution in [3.05, 3.63) is 112 Å². The number of carbonyl (C=O) groups is 3. The Morgan fingerprint density at radius 3 is 2.19 bits per heavy atom. The molecule has 4 rings (SSSR count). The Balaban J connectivity index is 1.51. The van der Waals surface area contributed by atoms with Crippen LogP contribution in [0.3, 0.4) is 0 Å². The van der Waals surface area contributed by atoms with Crippen LogP contribution >= 0.6 is 0 Å². The first-order valence-electron chi connectivity index (χ1n) is 13.5. The molecule has 1 amide bonds.